The Morgan fingerprint density at radius 1 is 0.958 bits per heavy atom. The molecule has 2 aromatic rings. The van der Waals surface area contributed by atoms with Crippen LogP contribution in [0.15, 0.2) is 54.6 Å². The van der Waals surface area contributed by atoms with Gasteiger partial charge in [0, 0.05) is 12.2 Å². The Hall–Kier alpha value is -1.91. The normalized spacial score (nSPS) is 12.2. The van der Waals surface area contributed by atoms with Crippen molar-refractivity contribution in [3.63, 3.8) is 0 Å². The van der Waals surface area contributed by atoms with Crippen LogP contribution in [0.2, 0.25) is 0 Å². The Labute approximate surface area is 151 Å². The van der Waals surface area contributed by atoms with E-state index < -0.39 is 0 Å². The number of benzene rings is 2. The molecule has 0 radical (unpaired) electrons. The molecule has 0 aromatic heterocycles. The minimum Gasteiger partial charge on any atom is -0.354 e. The lowest BCUT2D eigenvalue weighted by molar-refractivity contribution is 0.363. The molecule has 1 atom stereocenters. The topological polar surface area (TPSA) is 27.3 Å². The molecule has 0 aliphatic rings. The zero-order valence-electron chi connectivity index (χ0n) is 14.9. The first-order chi connectivity index (χ1) is 11.5. The Bertz CT molecular complexity index is 636. The van der Waals surface area contributed by atoms with Gasteiger partial charge in [-0.3, -0.25) is 0 Å². The molecule has 3 nitrogen and oxygen atoms in total. The molecule has 0 saturated carbocycles. The highest BCUT2D eigenvalue weighted by atomic mass is 32.1. The van der Waals surface area contributed by atoms with Crippen LogP contribution in [0.1, 0.15) is 36.9 Å². The summed E-state index contributed by atoms with van der Waals surface area (Å²) in [5.74, 6) is 0.534. The molecular weight excluding hydrogens is 314 g/mol. The lowest BCUT2D eigenvalue weighted by atomic mass is 10.0. The van der Waals surface area contributed by atoms with E-state index in [-0.39, 0.29) is 6.04 Å². The fraction of sp³-hybridized carbons (Fsp3) is 0.350. The molecule has 4 heteroatoms. The molecule has 0 heterocycles. The van der Waals surface area contributed by atoms with E-state index in [9.17, 15) is 0 Å². The molecule has 0 aliphatic carbocycles. The third-order valence-electron chi connectivity index (χ3n) is 3.89. The summed E-state index contributed by atoms with van der Waals surface area (Å²) in [6, 6.07) is 19.0. The van der Waals surface area contributed by atoms with E-state index in [0.29, 0.717) is 11.0 Å². The standard InChI is InChI=1S/C20H27N3S/c1-15(2)16-10-12-18(13-11-16)21-20(24)22-19(14-23(3)4)17-8-6-5-7-9-17/h5-13,15,19H,14H2,1-4H3,(H2,21,22,24)/t19-/m1/s1. The maximum Gasteiger partial charge on any atom is 0.171 e. The number of nitrogens with zero attached hydrogens (tertiary/aromatic N) is 1. The summed E-state index contributed by atoms with van der Waals surface area (Å²) in [6.07, 6.45) is 0. The molecule has 2 aromatic carbocycles. The van der Waals surface area contributed by atoms with E-state index in [2.05, 4.69) is 92.0 Å². The van der Waals surface area contributed by atoms with Gasteiger partial charge >= 0.3 is 0 Å². The van der Waals surface area contributed by atoms with Gasteiger partial charge in [-0.05, 0) is 55.5 Å². The van der Waals surface area contributed by atoms with E-state index in [0.717, 1.165) is 12.2 Å². The summed E-state index contributed by atoms with van der Waals surface area (Å²) >= 11 is 5.51. The summed E-state index contributed by atoms with van der Waals surface area (Å²) < 4.78 is 0. The average Bonchev–Trinajstić information content (AvgIpc) is 2.55. The first-order valence-corrected chi connectivity index (χ1v) is 8.73. The second kappa shape index (κ2) is 8.81. The second-order valence-corrected chi connectivity index (χ2v) is 7.01. The Morgan fingerprint density at radius 3 is 2.12 bits per heavy atom. The summed E-state index contributed by atoms with van der Waals surface area (Å²) in [5, 5.41) is 7.35. The van der Waals surface area contributed by atoms with Gasteiger partial charge in [-0.1, -0.05) is 56.3 Å². The number of likely N-dealkylation sites (N-methyl/N-ethyl adjacent to an activating group) is 1. The van der Waals surface area contributed by atoms with Crippen LogP contribution in [0.5, 0.6) is 0 Å². The number of rotatable bonds is 6. The molecule has 0 amide bonds. The lowest BCUT2D eigenvalue weighted by Gasteiger charge is -2.24. The molecule has 0 spiro atoms. The van der Waals surface area contributed by atoms with Crippen LogP contribution >= 0.6 is 12.2 Å². The summed E-state index contributed by atoms with van der Waals surface area (Å²) in [5.41, 5.74) is 3.56. The first-order valence-electron chi connectivity index (χ1n) is 8.33. The predicted octanol–water partition coefficient (Wildman–Crippen LogP) is 4.40. The van der Waals surface area contributed by atoms with Crippen LogP contribution in [0.25, 0.3) is 0 Å². The number of hydrogen-bond acceptors (Lipinski definition) is 2. The number of anilines is 1. The van der Waals surface area contributed by atoms with Crippen LogP contribution in [0.4, 0.5) is 5.69 Å². The molecule has 0 fully saturated rings. The predicted molar refractivity (Wildman–Crippen MR) is 108 cm³/mol. The van der Waals surface area contributed by atoms with Crippen molar-refractivity contribution in [2.75, 3.05) is 26.0 Å². The molecular formula is C20H27N3S. The zero-order valence-corrected chi connectivity index (χ0v) is 15.7. The summed E-state index contributed by atoms with van der Waals surface area (Å²) in [7, 11) is 4.14. The molecule has 0 bridgehead atoms. The van der Waals surface area contributed by atoms with Crippen molar-refractivity contribution >= 4 is 23.0 Å². The minimum absolute atomic E-state index is 0.149. The van der Waals surface area contributed by atoms with Crippen LogP contribution in [0, 0.1) is 0 Å². The third kappa shape index (κ3) is 5.62. The van der Waals surface area contributed by atoms with Crippen LogP contribution in [-0.4, -0.2) is 30.7 Å². The van der Waals surface area contributed by atoms with Crippen molar-refractivity contribution in [2.45, 2.75) is 25.8 Å². The minimum atomic E-state index is 0.149. The van der Waals surface area contributed by atoms with E-state index in [1.165, 1.54) is 11.1 Å². The number of hydrogen-bond donors (Lipinski definition) is 2. The van der Waals surface area contributed by atoms with Gasteiger partial charge in [-0.15, -0.1) is 0 Å². The van der Waals surface area contributed by atoms with Gasteiger partial charge in [-0.2, -0.15) is 0 Å². The van der Waals surface area contributed by atoms with Crippen LogP contribution < -0.4 is 10.6 Å². The van der Waals surface area contributed by atoms with Crippen molar-refractivity contribution < 1.29 is 0 Å². The average molecular weight is 342 g/mol. The van der Waals surface area contributed by atoms with Gasteiger partial charge in [0.05, 0.1) is 6.04 Å². The second-order valence-electron chi connectivity index (χ2n) is 6.60. The van der Waals surface area contributed by atoms with E-state index in [1.807, 2.05) is 6.07 Å². The first kappa shape index (κ1) is 18.4. The van der Waals surface area contributed by atoms with Crippen molar-refractivity contribution in [1.82, 2.24) is 10.2 Å². The number of thiocarbonyl (C=S) groups is 1. The quantitative estimate of drug-likeness (QED) is 0.762. The van der Waals surface area contributed by atoms with E-state index >= 15 is 0 Å². The monoisotopic (exact) mass is 341 g/mol. The highest BCUT2D eigenvalue weighted by Crippen LogP contribution is 2.18. The van der Waals surface area contributed by atoms with Gasteiger partial charge in [0.1, 0.15) is 0 Å². The van der Waals surface area contributed by atoms with E-state index in [1.54, 1.807) is 0 Å². The Kier molecular flexibility index (Phi) is 6.76. The molecule has 128 valence electrons. The van der Waals surface area contributed by atoms with Crippen molar-refractivity contribution in [3.8, 4) is 0 Å². The number of nitrogens with one attached hydrogen (secondary N) is 2. The van der Waals surface area contributed by atoms with Crippen molar-refractivity contribution in [2.24, 2.45) is 0 Å². The molecule has 0 aliphatic heterocycles. The largest absolute Gasteiger partial charge is 0.354 e. The maximum absolute atomic E-state index is 5.51. The molecule has 2 rings (SSSR count). The third-order valence-corrected chi connectivity index (χ3v) is 4.11. The van der Waals surface area contributed by atoms with E-state index in [4.69, 9.17) is 12.2 Å². The summed E-state index contributed by atoms with van der Waals surface area (Å²) in [4.78, 5) is 2.16. The molecule has 0 unspecified atom stereocenters. The van der Waals surface area contributed by atoms with Crippen molar-refractivity contribution in [3.05, 3.63) is 65.7 Å². The van der Waals surface area contributed by atoms with Crippen LogP contribution in [0.3, 0.4) is 0 Å². The smallest absolute Gasteiger partial charge is 0.171 e. The fourth-order valence-corrected chi connectivity index (χ4v) is 2.82. The highest BCUT2D eigenvalue weighted by Gasteiger charge is 2.13. The van der Waals surface area contributed by atoms with Gasteiger partial charge in [0.15, 0.2) is 5.11 Å². The Morgan fingerprint density at radius 2 is 1.58 bits per heavy atom. The molecule has 0 saturated heterocycles. The van der Waals surface area contributed by atoms with Gasteiger partial charge in [0.2, 0.25) is 0 Å². The zero-order chi connectivity index (χ0) is 17.5. The van der Waals surface area contributed by atoms with Gasteiger partial charge in [-0.25, -0.2) is 0 Å². The van der Waals surface area contributed by atoms with Crippen molar-refractivity contribution in [1.29, 1.82) is 0 Å². The lowest BCUT2D eigenvalue weighted by Crippen LogP contribution is -2.37. The fourth-order valence-electron chi connectivity index (χ4n) is 2.56. The van der Waals surface area contributed by atoms with Gasteiger partial charge < -0.3 is 15.5 Å². The maximum atomic E-state index is 5.51. The van der Waals surface area contributed by atoms with Gasteiger partial charge in [0.25, 0.3) is 0 Å². The SMILES string of the molecule is CC(C)c1ccc(NC(=S)N[C@H](CN(C)C)c2ccccc2)cc1. The highest BCUT2D eigenvalue weighted by molar-refractivity contribution is 7.80. The van der Waals surface area contributed by atoms with Crippen LogP contribution in [-0.2, 0) is 0 Å². The molecule has 24 heavy (non-hydrogen) atoms. The molecule has 2 N–H and O–H groups in total. The Balaban J connectivity index is 2.02. The summed E-state index contributed by atoms with van der Waals surface area (Å²) in [6.45, 7) is 5.26.